The highest BCUT2D eigenvalue weighted by Crippen LogP contribution is 2.38. The molecule has 3 unspecified atom stereocenters. The second-order valence-electron chi connectivity index (χ2n) is 21.4. The number of aliphatic hydroxyl groups excluding tert-OH is 1. The lowest BCUT2D eigenvalue weighted by Crippen LogP contribution is -2.46. The highest BCUT2D eigenvalue weighted by Gasteiger charge is 2.24. The van der Waals surface area contributed by atoms with E-state index in [-0.39, 0.29) is 19.1 Å². The summed E-state index contributed by atoms with van der Waals surface area (Å²) < 4.78 is 23.4. The topological polar surface area (TPSA) is 108 Å². The molecule has 0 fully saturated rings. The number of phosphoric acid groups is 1. The van der Waals surface area contributed by atoms with Crippen molar-refractivity contribution in [3.63, 3.8) is 0 Å². The highest BCUT2D eigenvalue weighted by molar-refractivity contribution is 7.45. The third-order valence-corrected chi connectivity index (χ3v) is 14.6. The molecule has 0 heterocycles. The largest absolute Gasteiger partial charge is 0.756 e. The lowest BCUT2D eigenvalue weighted by Gasteiger charge is -2.30. The summed E-state index contributed by atoms with van der Waals surface area (Å²) in [7, 11) is 1.33. The molecule has 2 N–H and O–H groups in total. The van der Waals surface area contributed by atoms with Crippen molar-refractivity contribution in [2.24, 2.45) is 0 Å². The molecule has 65 heavy (non-hydrogen) atoms. The summed E-state index contributed by atoms with van der Waals surface area (Å²) >= 11 is 0. The maximum absolute atomic E-state index is 13.0. The first-order valence-corrected chi connectivity index (χ1v) is 30.3. The minimum atomic E-state index is -4.57. The standard InChI is InChI=1S/C56H115N2O6P/c1-6-8-10-12-14-16-18-20-22-24-26-28-30-32-34-36-38-40-42-44-46-48-50-56(60)57-54(53-64-65(61,62)63-52-51-58(3,4)5)55(59)49-47-45-43-41-39-37-35-33-31-29-27-25-23-21-19-17-15-13-11-9-7-2/h54-55,59H,6-53H2,1-5H3,(H-,57,60,61,62). The van der Waals surface area contributed by atoms with E-state index in [2.05, 4.69) is 19.2 Å². The Morgan fingerprint density at radius 2 is 0.754 bits per heavy atom. The number of nitrogens with zero attached hydrogens (tertiary/aromatic N) is 1. The number of hydrogen-bond acceptors (Lipinski definition) is 6. The van der Waals surface area contributed by atoms with Gasteiger partial charge in [0.15, 0.2) is 0 Å². The first-order valence-electron chi connectivity index (χ1n) is 28.9. The van der Waals surface area contributed by atoms with E-state index in [9.17, 15) is 19.4 Å². The number of amides is 1. The summed E-state index contributed by atoms with van der Waals surface area (Å²) in [6.07, 6.45) is 57.0. The molecule has 0 rings (SSSR count). The number of quaternary nitrogens is 1. The van der Waals surface area contributed by atoms with Crippen LogP contribution >= 0.6 is 7.82 Å². The molecule has 390 valence electrons. The molecule has 9 heteroatoms. The summed E-state index contributed by atoms with van der Waals surface area (Å²) in [6, 6.07) is -0.795. The van der Waals surface area contributed by atoms with Gasteiger partial charge in [0, 0.05) is 6.42 Å². The molecular formula is C56H115N2O6P. The molecule has 8 nitrogen and oxygen atoms in total. The van der Waals surface area contributed by atoms with Gasteiger partial charge in [-0.2, -0.15) is 0 Å². The van der Waals surface area contributed by atoms with E-state index in [1.807, 2.05) is 21.1 Å². The molecule has 0 aromatic rings. The van der Waals surface area contributed by atoms with Gasteiger partial charge in [-0.25, -0.2) is 0 Å². The normalized spacial score (nSPS) is 13.9. The van der Waals surface area contributed by atoms with E-state index < -0.39 is 20.0 Å². The second kappa shape index (κ2) is 48.5. The number of carbonyl (C=O) groups is 1. The Kier molecular flexibility index (Phi) is 48.1. The molecule has 0 aromatic heterocycles. The van der Waals surface area contributed by atoms with Crippen molar-refractivity contribution in [1.82, 2.24) is 5.32 Å². The minimum absolute atomic E-state index is 0.0167. The van der Waals surface area contributed by atoms with Gasteiger partial charge in [-0.3, -0.25) is 9.36 Å². The molecule has 0 saturated carbocycles. The average molecular weight is 944 g/mol. The number of phosphoric ester groups is 1. The van der Waals surface area contributed by atoms with Crippen LogP contribution in [0.3, 0.4) is 0 Å². The van der Waals surface area contributed by atoms with Crippen LogP contribution in [-0.4, -0.2) is 68.5 Å². The molecule has 0 aromatic carbocycles. The van der Waals surface area contributed by atoms with Crippen LogP contribution in [0.1, 0.15) is 303 Å². The maximum Gasteiger partial charge on any atom is 0.268 e. The molecular weight excluding hydrogens is 828 g/mol. The van der Waals surface area contributed by atoms with Crippen molar-refractivity contribution in [2.75, 3.05) is 40.9 Å². The Morgan fingerprint density at radius 1 is 0.477 bits per heavy atom. The van der Waals surface area contributed by atoms with Crippen LogP contribution in [0.5, 0.6) is 0 Å². The number of likely N-dealkylation sites (N-methyl/N-ethyl adjacent to an activating group) is 1. The Labute approximate surface area is 406 Å². The summed E-state index contributed by atoms with van der Waals surface area (Å²) in [5.74, 6) is -0.156. The van der Waals surface area contributed by atoms with Gasteiger partial charge >= 0.3 is 0 Å². The average Bonchev–Trinajstić information content (AvgIpc) is 3.26. The lowest BCUT2D eigenvalue weighted by molar-refractivity contribution is -0.870. The smallest absolute Gasteiger partial charge is 0.268 e. The van der Waals surface area contributed by atoms with E-state index in [1.165, 1.54) is 238 Å². The third-order valence-electron chi connectivity index (χ3n) is 13.6. The van der Waals surface area contributed by atoms with Crippen molar-refractivity contribution in [3.05, 3.63) is 0 Å². The second-order valence-corrected chi connectivity index (χ2v) is 22.8. The Morgan fingerprint density at radius 3 is 1.05 bits per heavy atom. The van der Waals surface area contributed by atoms with E-state index in [1.54, 1.807) is 0 Å². The van der Waals surface area contributed by atoms with Crippen molar-refractivity contribution >= 4 is 13.7 Å². The summed E-state index contributed by atoms with van der Waals surface area (Å²) in [4.78, 5) is 25.5. The SMILES string of the molecule is CCCCCCCCCCCCCCCCCCCCCCCCC(=O)NC(COP(=O)([O-])OCC[N+](C)(C)C)C(O)CCCCCCCCCCCCCCCCCCCCCCC. The van der Waals surface area contributed by atoms with Crippen LogP contribution in [0.2, 0.25) is 0 Å². The van der Waals surface area contributed by atoms with Crippen LogP contribution in [-0.2, 0) is 18.4 Å². The molecule has 1 amide bonds. The Bertz CT molecular complexity index is 1030. The van der Waals surface area contributed by atoms with Crippen LogP contribution in [0, 0.1) is 0 Å². The third kappa shape index (κ3) is 51.2. The van der Waals surface area contributed by atoms with Gasteiger partial charge in [-0.15, -0.1) is 0 Å². The van der Waals surface area contributed by atoms with Gasteiger partial charge in [0.05, 0.1) is 39.9 Å². The van der Waals surface area contributed by atoms with Gasteiger partial charge in [-0.05, 0) is 12.8 Å². The fraction of sp³-hybridized carbons (Fsp3) is 0.982. The first-order chi connectivity index (χ1) is 31.5. The number of carbonyl (C=O) groups excluding carboxylic acids is 1. The molecule has 3 atom stereocenters. The van der Waals surface area contributed by atoms with Gasteiger partial charge in [0.25, 0.3) is 7.82 Å². The fourth-order valence-corrected chi connectivity index (χ4v) is 9.77. The van der Waals surface area contributed by atoms with Gasteiger partial charge < -0.3 is 28.8 Å². The summed E-state index contributed by atoms with van der Waals surface area (Å²) in [6.45, 7) is 4.78. The van der Waals surface area contributed by atoms with Crippen LogP contribution in [0.4, 0.5) is 0 Å². The maximum atomic E-state index is 13.0. The van der Waals surface area contributed by atoms with Crippen LogP contribution in [0.25, 0.3) is 0 Å². The zero-order chi connectivity index (χ0) is 47.8. The molecule has 0 aliphatic heterocycles. The lowest BCUT2D eigenvalue weighted by atomic mass is 10.0. The summed E-state index contributed by atoms with van der Waals surface area (Å²) in [5, 5.41) is 14.0. The molecule has 0 radical (unpaired) electrons. The van der Waals surface area contributed by atoms with Gasteiger partial charge in [0.1, 0.15) is 13.2 Å². The fourth-order valence-electron chi connectivity index (χ4n) is 9.04. The predicted octanol–water partition coefficient (Wildman–Crippen LogP) is 16.6. The summed E-state index contributed by atoms with van der Waals surface area (Å²) in [5.41, 5.74) is 0. The van der Waals surface area contributed by atoms with Gasteiger partial charge in [0.2, 0.25) is 5.91 Å². The van der Waals surface area contributed by atoms with Crippen LogP contribution < -0.4 is 10.2 Å². The molecule has 0 aliphatic carbocycles. The van der Waals surface area contributed by atoms with Crippen molar-refractivity contribution in [2.45, 2.75) is 315 Å². The monoisotopic (exact) mass is 943 g/mol. The predicted molar refractivity (Wildman–Crippen MR) is 279 cm³/mol. The number of nitrogens with one attached hydrogen (secondary N) is 1. The van der Waals surface area contributed by atoms with Crippen LogP contribution in [0.15, 0.2) is 0 Å². The van der Waals surface area contributed by atoms with Gasteiger partial charge in [-0.1, -0.05) is 284 Å². The number of aliphatic hydroxyl groups is 1. The van der Waals surface area contributed by atoms with E-state index in [4.69, 9.17) is 9.05 Å². The number of unbranched alkanes of at least 4 members (excludes halogenated alkanes) is 41. The van der Waals surface area contributed by atoms with E-state index >= 15 is 0 Å². The quantitative estimate of drug-likeness (QED) is 0.0357. The first kappa shape index (κ1) is 64.5. The molecule has 0 saturated heterocycles. The zero-order valence-electron chi connectivity index (χ0n) is 44.5. The van der Waals surface area contributed by atoms with Crippen molar-refractivity contribution in [3.8, 4) is 0 Å². The Balaban J connectivity index is 4.13. The molecule has 0 spiro atoms. The zero-order valence-corrected chi connectivity index (χ0v) is 45.4. The molecule has 0 bridgehead atoms. The minimum Gasteiger partial charge on any atom is -0.756 e. The van der Waals surface area contributed by atoms with E-state index in [0.717, 1.165) is 38.5 Å². The van der Waals surface area contributed by atoms with E-state index in [0.29, 0.717) is 23.9 Å². The number of hydrogen-bond donors (Lipinski definition) is 2. The van der Waals surface area contributed by atoms with Crippen molar-refractivity contribution in [1.29, 1.82) is 0 Å². The van der Waals surface area contributed by atoms with Crippen molar-refractivity contribution < 1.29 is 32.9 Å². The Hall–Kier alpha value is -0.500. The molecule has 0 aliphatic rings. The highest BCUT2D eigenvalue weighted by atomic mass is 31.2. The number of rotatable bonds is 54.